The molecule has 1 heterocycles. The highest BCUT2D eigenvalue weighted by atomic mass is 31.1. The molecular formula is C5H12NOP. The zero-order valence-electron chi connectivity index (χ0n) is 5.09. The molecule has 0 amide bonds. The van der Waals surface area contributed by atoms with Gasteiger partial charge in [-0.2, -0.15) is 0 Å². The van der Waals surface area contributed by atoms with Crippen molar-refractivity contribution in [3.63, 3.8) is 0 Å². The zero-order chi connectivity index (χ0) is 5.98. The second kappa shape index (κ2) is 2.77. The van der Waals surface area contributed by atoms with Gasteiger partial charge in [-0.1, -0.05) is 8.73 Å². The molecule has 0 aromatic heterocycles. The third-order valence-corrected chi connectivity index (χ3v) is 2.52. The fourth-order valence-electron chi connectivity index (χ4n) is 0.945. The van der Waals surface area contributed by atoms with Crippen molar-refractivity contribution >= 4 is 8.73 Å². The fourth-order valence-corrected chi connectivity index (χ4v) is 1.69. The minimum Gasteiger partial charge on any atom is -0.392 e. The summed E-state index contributed by atoms with van der Waals surface area (Å²) in [5.41, 5.74) is 0. The summed E-state index contributed by atoms with van der Waals surface area (Å²) < 4.78 is 2.28. The van der Waals surface area contributed by atoms with Crippen LogP contribution in [0.4, 0.5) is 0 Å². The van der Waals surface area contributed by atoms with Crippen LogP contribution in [0.2, 0.25) is 0 Å². The molecule has 0 aromatic rings. The molecule has 1 saturated heterocycles. The van der Waals surface area contributed by atoms with Gasteiger partial charge in [0.2, 0.25) is 0 Å². The summed E-state index contributed by atoms with van der Waals surface area (Å²) in [6.45, 7) is 4.14. The molecule has 0 saturated carbocycles. The van der Waals surface area contributed by atoms with Gasteiger partial charge in [0.25, 0.3) is 0 Å². The fraction of sp³-hybridized carbons (Fsp3) is 1.00. The van der Waals surface area contributed by atoms with Crippen molar-refractivity contribution in [2.24, 2.45) is 0 Å². The topological polar surface area (TPSA) is 23.5 Å². The number of rotatable bonds is 1. The lowest BCUT2D eigenvalue weighted by Gasteiger charge is -2.09. The summed E-state index contributed by atoms with van der Waals surface area (Å²) in [4.78, 5) is 0. The number of hydrogen-bond acceptors (Lipinski definition) is 2. The monoisotopic (exact) mass is 133 g/mol. The van der Waals surface area contributed by atoms with Crippen LogP contribution in [0.1, 0.15) is 6.42 Å². The molecule has 1 fully saturated rings. The van der Waals surface area contributed by atoms with Crippen LogP contribution in [0.15, 0.2) is 0 Å². The van der Waals surface area contributed by atoms with Crippen LogP contribution < -0.4 is 0 Å². The van der Waals surface area contributed by atoms with E-state index in [1.807, 2.05) is 0 Å². The molecule has 1 rings (SSSR count). The number of nitrogens with zero attached hydrogens (tertiary/aromatic N) is 1. The Morgan fingerprint density at radius 2 is 2.50 bits per heavy atom. The Morgan fingerprint density at radius 1 is 1.75 bits per heavy atom. The minimum atomic E-state index is -0.0394. The second-order valence-corrected chi connectivity index (χ2v) is 3.19. The smallest absolute Gasteiger partial charge is 0.0682 e. The third kappa shape index (κ3) is 1.41. The Bertz CT molecular complexity index is 78.8. The van der Waals surface area contributed by atoms with E-state index < -0.39 is 0 Å². The molecule has 0 radical (unpaired) electrons. The first-order valence-corrected chi connectivity index (χ1v) is 4.38. The summed E-state index contributed by atoms with van der Waals surface area (Å²) in [6.07, 6.45) is 0.934. The summed E-state index contributed by atoms with van der Waals surface area (Å²) in [5.74, 6) is 0. The molecule has 0 aromatic carbocycles. The van der Waals surface area contributed by atoms with Crippen LogP contribution in [0.5, 0.6) is 0 Å². The number of β-amino-alcohol motifs (C(OH)–C–C–N with tert-alkyl or cyclic N) is 1. The van der Waals surface area contributed by atoms with Gasteiger partial charge in [-0.25, -0.2) is 0 Å². The van der Waals surface area contributed by atoms with E-state index in [0.29, 0.717) is 0 Å². The normalized spacial score (nSPS) is 33.0. The van der Waals surface area contributed by atoms with E-state index in [4.69, 9.17) is 5.11 Å². The summed E-state index contributed by atoms with van der Waals surface area (Å²) >= 11 is 0. The molecule has 48 valence electrons. The van der Waals surface area contributed by atoms with Gasteiger partial charge in [0.1, 0.15) is 0 Å². The average molecular weight is 133 g/mol. The third-order valence-electron chi connectivity index (χ3n) is 1.48. The Labute approximate surface area is 51.7 Å². The van der Waals surface area contributed by atoms with Gasteiger partial charge in [0.15, 0.2) is 0 Å². The largest absolute Gasteiger partial charge is 0.392 e. The Kier molecular flexibility index (Phi) is 2.24. The van der Waals surface area contributed by atoms with Crippen LogP contribution in [-0.4, -0.2) is 35.6 Å². The lowest BCUT2D eigenvalue weighted by molar-refractivity contribution is 0.190. The molecule has 3 heteroatoms. The molecule has 0 bridgehead atoms. The highest BCUT2D eigenvalue weighted by Crippen LogP contribution is 2.20. The SMILES string of the molecule is CPN1CCC(O)C1. The lowest BCUT2D eigenvalue weighted by atomic mass is 10.3. The molecule has 0 aliphatic carbocycles. The molecular weight excluding hydrogens is 121 g/mol. The molecule has 1 N–H and O–H groups in total. The van der Waals surface area contributed by atoms with E-state index in [1.54, 1.807) is 0 Å². The van der Waals surface area contributed by atoms with Crippen molar-refractivity contribution < 1.29 is 5.11 Å². The molecule has 2 nitrogen and oxygen atoms in total. The molecule has 2 unspecified atom stereocenters. The maximum atomic E-state index is 8.99. The predicted octanol–water partition coefficient (Wildman–Crippen LogP) is 0.276. The van der Waals surface area contributed by atoms with Crippen molar-refractivity contribution in [2.45, 2.75) is 12.5 Å². The van der Waals surface area contributed by atoms with Gasteiger partial charge >= 0.3 is 0 Å². The maximum Gasteiger partial charge on any atom is 0.0682 e. The lowest BCUT2D eigenvalue weighted by Crippen LogP contribution is -2.11. The van der Waals surface area contributed by atoms with E-state index in [0.717, 1.165) is 28.2 Å². The number of aliphatic hydroxyl groups excluding tert-OH is 1. The first kappa shape index (κ1) is 6.47. The first-order valence-electron chi connectivity index (χ1n) is 2.93. The van der Waals surface area contributed by atoms with Gasteiger partial charge in [-0.3, -0.25) is 4.67 Å². The van der Waals surface area contributed by atoms with Crippen LogP contribution >= 0.6 is 8.73 Å². The van der Waals surface area contributed by atoms with Crippen LogP contribution in [0.3, 0.4) is 0 Å². The summed E-state index contributed by atoms with van der Waals surface area (Å²) in [5, 5.41) is 8.99. The standard InChI is InChI=1S/C5H12NOP/c1-8-6-3-2-5(7)4-6/h5,7-8H,2-4H2,1H3. The van der Waals surface area contributed by atoms with Gasteiger partial charge in [0, 0.05) is 13.1 Å². The number of aliphatic hydroxyl groups is 1. The quantitative estimate of drug-likeness (QED) is 0.519. The van der Waals surface area contributed by atoms with Crippen molar-refractivity contribution in [1.29, 1.82) is 0 Å². The average Bonchev–Trinajstić information content (AvgIpc) is 2.14. The Balaban J connectivity index is 2.22. The highest BCUT2D eigenvalue weighted by molar-refractivity contribution is 7.34. The van der Waals surface area contributed by atoms with Crippen LogP contribution in [0, 0.1) is 0 Å². The predicted molar refractivity (Wildman–Crippen MR) is 36.4 cm³/mol. The van der Waals surface area contributed by atoms with Gasteiger partial charge in [0.05, 0.1) is 6.10 Å². The zero-order valence-corrected chi connectivity index (χ0v) is 6.09. The maximum absolute atomic E-state index is 8.99. The van der Waals surface area contributed by atoms with E-state index in [9.17, 15) is 0 Å². The van der Waals surface area contributed by atoms with E-state index in [1.165, 1.54) is 0 Å². The van der Waals surface area contributed by atoms with Crippen LogP contribution in [-0.2, 0) is 0 Å². The van der Waals surface area contributed by atoms with Crippen molar-refractivity contribution in [2.75, 3.05) is 19.8 Å². The molecule has 8 heavy (non-hydrogen) atoms. The van der Waals surface area contributed by atoms with Gasteiger partial charge in [-0.15, -0.1) is 0 Å². The van der Waals surface area contributed by atoms with Crippen LogP contribution in [0.25, 0.3) is 0 Å². The molecule has 0 spiro atoms. The Morgan fingerprint density at radius 3 is 2.75 bits per heavy atom. The first-order chi connectivity index (χ1) is 3.83. The summed E-state index contributed by atoms with van der Waals surface area (Å²) in [6, 6.07) is 0. The molecule has 1 aliphatic heterocycles. The highest BCUT2D eigenvalue weighted by Gasteiger charge is 2.17. The minimum absolute atomic E-state index is 0.0394. The van der Waals surface area contributed by atoms with Crippen molar-refractivity contribution in [3.8, 4) is 0 Å². The van der Waals surface area contributed by atoms with Crippen molar-refractivity contribution in [1.82, 2.24) is 4.67 Å². The summed E-state index contributed by atoms with van der Waals surface area (Å²) in [7, 11) is 0.871. The van der Waals surface area contributed by atoms with E-state index in [2.05, 4.69) is 11.3 Å². The molecule has 1 aliphatic rings. The van der Waals surface area contributed by atoms with E-state index >= 15 is 0 Å². The molecule has 2 atom stereocenters. The van der Waals surface area contributed by atoms with Gasteiger partial charge in [-0.05, 0) is 13.1 Å². The Hall–Kier alpha value is 0.350. The number of hydrogen-bond donors (Lipinski definition) is 1. The van der Waals surface area contributed by atoms with Gasteiger partial charge < -0.3 is 5.11 Å². The van der Waals surface area contributed by atoms with E-state index in [-0.39, 0.29) is 6.10 Å². The van der Waals surface area contributed by atoms with Crippen molar-refractivity contribution in [3.05, 3.63) is 0 Å². The second-order valence-electron chi connectivity index (χ2n) is 2.11.